The highest BCUT2D eigenvalue weighted by Crippen LogP contribution is 2.33. The molecule has 0 atom stereocenters. The minimum atomic E-state index is -4.06. The second-order valence-corrected chi connectivity index (χ2v) is 6.91. The lowest BCUT2D eigenvalue weighted by Gasteiger charge is -2.14. The fourth-order valence-corrected chi connectivity index (χ4v) is 3.38. The predicted octanol–water partition coefficient (Wildman–Crippen LogP) is 3.20. The van der Waals surface area contributed by atoms with Crippen molar-refractivity contribution in [2.24, 2.45) is 0 Å². The molecular formula is C17H20N2O7S. The quantitative estimate of drug-likeness (QED) is 0.511. The van der Waals surface area contributed by atoms with Gasteiger partial charge in [-0.15, -0.1) is 0 Å². The second-order valence-electron chi connectivity index (χ2n) is 5.22. The van der Waals surface area contributed by atoms with Gasteiger partial charge in [-0.05, 0) is 38.1 Å². The van der Waals surface area contributed by atoms with E-state index in [0.717, 1.165) is 6.07 Å². The Morgan fingerprint density at radius 2 is 1.63 bits per heavy atom. The maximum Gasteiger partial charge on any atom is 0.312 e. The van der Waals surface area contributed by atoms with Crippen molar-refractivity contribution in [2.45, 2.75) is 18.7 Å². The molecule has 2 aromatic rings. The van der Waals surface area contributed by atoms with Gasteiger partial charge in [-0.2, -0.15) is 0 Å². The molecule has 2 rings (SSSR count). The van der Waals surface area contributed by atoms with Crippen LogP contribution in [0.3, 0.4) is 0 Å². The van der Waals surface area contributed by atoms with Crippen molar-refractivity contribution in [3.05, 3.63) is 46.5 Å². The molecule has 0 fully saturated rings. The normalized spacial score (nSPS) is 10.9. The minimum absolute atomic E-state index is 0.0290. The van der Waals surface area contributed by atoms with E-state index in [9.17, 15) is 18.5 Å². The monoisotopic (exact) mass is 396 g/mol. The average Bonchev–Trinajstić information content (AvgIpc) is 2.63. The predicted molar refractivity (Wildman–Crippen MR) is 99.2 cm³/mol. The second kappa shape index (κ2) is 8.58. The van der Waals surface area contributed by atoms with Crippen LogP contribution in [0, 0.1) is 10.1 Å². The van der Waals surface area contributed by atoms with Crippen molar-refractivity contribution in [1.82, 2.24) is 0 Å². The fraction of sp³-hybridized carbons (Fsp3) is 0.294. The summed E-state index contributed by atoms with van der Waals surface area (Å²) >= 11 is 0. The van der Waals surface area contributed by atoms with E-state index >= 15 is 0 Å². The summed E-state index contributed by atoms with van der Waals surface area (Å²) in [5, 5.41) is 11.1. The zero-order valence-electron chi connectivity index (χ0n) is 15.1. The number of rotatable bonds is 9. The van der Waals surface area contributed by atoms with Gasteiger partial charge in [0.25, 0.3) is 10.0 Å². The number of nitro benzene ring substituents is 1. The van der Waals surface area contributed by atoms with Crippen molar-refractivity contribution in [2.75, 3.05) is 25.0 Å². The first-order chi connectivity index (χ1) is 12.8. The van der Waals surface area contributed by atoms with Crippen LogP contribution in [0.5, 0.6) is 17.2 Å². The molecule has 2 aromatic carbocycles. The van der Waals surface area contributed by atoms with Gasteiger partial charge in [0.2, 0.25) is 0 Å². The Bertz CT molecular complexity index is 929. The van der Waals surface area contributed by atoms with E-state index in [-0.39, 0.29) is 16.3 Å². The van der Waals surface area contributed by atoms with Crippen LogP contribution in [0.15, 0.2) is 41.3 Å². The van der Waals surface area contributed by atoms with E-state index in [0.29, 0.717) is 24.7 Å². The highest BCUT2D eigenvalue weighted by molar-refractivity contribution is 7.92. The van der Waals surface area contributed by atoms with E-state index < -0.39 is 20.6 Å². The molecule has 0 saturated heterocycles. The van der Waals surface area contributed by atoms with E-state index in [4.69, 9.17) is 14.2 Å². The van der Waals surface area contributed by atoms with Crippen LogP contribution < -0.4 is 18.9 Å². The summed E-state index contributed by atoms with van der Waals surface area (Å²) in [5.41, 5.74) is -0.206. The van der Waals surface area contributed by atoms with Gasteiger partial charge in [-0.1, -0.05) is 0 Å². The molecule has 146 valence electrons. The summed E-state index contributed by atoms with van der Waals surface area (Å²) in [6, 6.07) is 8.00. The Morgan fingerprint density at radius 3 is 2.22 bits per heavy atom. The summed E-state index contributed by atoms with van der Waals surface area (Å²) < 4.78 is 43.4. The van der Waals surface area contributed by atoms with Crippen LogP contribution in [-0.2, 0) is 10.0 Å². The Kier molecular flexibility index (Phi) is 6.45. The first-order valence-electron chi connectivity index (χ1n) is 8.07. The van der Waals surface area contributed by atoms with Gasteiger partial charge in [-0.3, -0.25) is 14.8 Å². The third-order valence-electron chi connectivity index (χ3n) is 3.45. The molecule has 0 aliphatic carbocycles. The maximum atomic E-state index is 12.6. The van der Waals surface area contributed by atoms with Crippen LogP contribution in [0.2, 0.25) is 0 Å². The lowest BCUT2D eigenvalue weighted by atomic mass is 10.3. The van der Waals surface area contributed by atoms with E-state index in [2.05, 4.69) is 4.72 Å². The zero-order chi connectivity index (χ0) is 20.0. The minimum Gasteiger partial charge on any atom is -0.490 e. The van der Waals surface area contributed by atoms with Gasteiger partial charge >= 0.3 is 5.69 Å². The molecule has 27 heavy (non-hydrogen) atoms. The summed E-state index contributed by atoms with van der Waals surface area (Å²) in [6.45, 7) is 4.42. The topological polar surface area (TPSA) is 117 Å². The summed E-state index contributed by atoms with van der Waals surface area (Å²) in [6.07, 6.45) is 0. The van der Waals surface area contributed by atoms with E-state index in [1.807, 2.05) is 6.92 Å². The maximum absolute atomic E-state index is 12.6. The molecule has 0 aromatic heterocycles. The van der Waals surface area contributed by atoms with Gasteiger partial charge in [0.1, 0.15) is 0 Å². The molecule has 0 saturated carbocycles. The molecule has 0 radical (unpaired) electrons. The number of hydrogen-bond acceptors (Lipinski definition) is 7. The van der Waals surface area contributed by atoms with Crippen molar-refractivity contribution in [3.63, 3.8) is 0 Å². The van der Waals surface area contributed by atoms with Crippen molar-refractivity contribution in [1.29, 1.82) is 0 Å². The van der Waals surface area contributed by atoms with Gasteiger partial charge in [0.15, 0.2) is 17.2 Å². The number of hydrogen-bond donors (Lipinski definition) is 1. The Hall–Kier alpha value is -3.01. The summed E-state index contributed by atoms with van der Waals surface area (Å²) in [4.78, 5) is 10.1. The average molecular weight is 396 g/mol. The van der Waals surface area contributed by atoms with Gasteiger partial charge in [0.05, 0.1) is 35.8 Å². The molecular weight excluding hydrogens is 376 g/mol. The molecule has 0 aliphatic heterocycles. The number of ether oxygens (including phenoxy) is 3. The fourth-order valence-electron chi connectivity index (χ4n) is 2.31. The standard InChI is InChI=1S/C17H20N2O7S/c1-4-25-16-8-6-12(10-17(16)26-5-2)18-27(22,23)13-7-9-15(24-3)14(11-13)19(20)21/h6-11,18H,4-5H2,1-3H3. The van der Waals surface area contributed by atoms with Crippen LogP contribution >= 0.6 is 0 Å². The number of methoxy groups -OCH3 is 1. The lowest BCUT2D eigenvalue weighted by Crippen LogP contribution is -2.13. The lowest BCUT2D eigenvalue weighted by molar-refractivity contribution is -0.386. The smallest absolute Gasteiger partial charge is 0.312 e. The third-order valence-corrected chi connectivity index (χ3v) is 4.83. The Morgan fingerprint density at radius 1 is 1.00 bits per heavy atom. The molecule has 10 heteroatoms. The van der Waals surface area contributed by atoms with Crippen LogP contribution in [0.25, 0.3) is 0 Å². The number of anilines is 1. The molecule has 0 heterocycles. The molecule has 1 N–H and O–H groups in total. The highest BCUT2D eigenvalue weighted by Gasteiger charge is 2.22. The number of nitrogens with zero attached hydrogens (tertiary/aromatic N) is 1. The van der Waals surface area contributed by atoms with Gasteiger partial charge < -0.3 is 14.2 Å². The molecule has 9 nitrogen and oxygen atoms in total. The largest absolute Gasteiger partial charge is 0.490 e. The number of benzene rings is 2. The molecule has 0 unspecified atom stereocenters. The zero-order valence-corrected chi connectivity index (χ0v) is 15.9. The summed E-state index contributed by atoms with van der Waals surface area (Å²) in [7, 11) is -2.79. The summed E-state index contributed by atoms with van der Waals surface area (Å²) in [5.74, 6) is 0.848. The van der Waals surface area contributed by atoms with Crippen LogP contribution in [0.4, 0.5) is 11.4 Å². The van der Waals surface area contributed by atoms with Gasteiger partial charge in [0, 0.05) is 12.1 Å². The Balaban J connectivity index is 2.37. The first kappa shape index (κ1) is 20.3. The molecule has 0 aliphatic rings. The molecule has 0 amide bonds. The SMILES string of the molecule is CCOc1ccc(NS(=O)(=O)c2ccc(OC)c([N+](=O)[O-])c2)cc1OCC. The molecule has 0 spiro atoms. The number of nitrogens with one attached hydrogen (secondary N) is 1. The van der Waals surface area contributed by atoms with Gasteiger partial charge in [-0.25, -0.2) is 8.42 Å². The Labute approximate surface area is 157 Å². The van der Waals surface area contributed by atoms with Crippen LogP contribution in [-0.4, -0.2) is 33.7 Å². The van der Waals surface area contributed by atoms with Crippen molar-refractivity contribution >= 4 is 21.4 Å². The molecule has 0 bridgehead atoms. The first-order valence-corrected chi connectivity index (χ1v) is 9.55. The third kappa shape index (κ3) is 4.79. The highest BCUT2D eigenvalue weighted by atomic mass is 32.2. The van der Waals surface area contributed by atoms with E-state index in [1.165, 1.54) is 31.4 Å². The number of nitro groups is 1. The van der Waals surface area contributed by atoms with Crippen molar-refractivity contribution < 1.29 is 27.6 Å². The van der Waals surface area contributed by atoms with Crippen molar-refractivity contribution in [3.8, 4) is 17.2 Å². The van der Waals surface area contributed by atoms with Crippen LogP contribution in [0.1, 0.15) is 13.8 Å². The van der Waals surface area contributed by atoms with E-state index in [1.54, 1.807) is 13.0 Å². The number of sulfonamides is 1.